The maximum atomic E-state index is 6.24. The van der Waals surface area contributed by atoms with Crippen molar-refractivity contribution in [2.75, 3.05) is 44.4 Å². The maximum Gasteiger partial charge on any atom is 0.223 e. The van der Waals surface area contributed by atoms with Crippen molar-refractivity contribution >= 4 is 11.5 Å². The minimum atomic E-state index is 0.0518. The third kappa shape index (κ3) is 3.47. The molecule has 2 fully saturated rings. The quantitative estimate of drug-likeness (QED) is 0.810. The van der Waals surface area contributed by atoms with Gasteiger partial charge in [-0.25, -0.2) is 9.97 Å². The van der Waals surface area contributed by atoms with E-state index in [2.05, 4.69) is 20.9 Å². The first-order valence-electron chi connectivity index (χ1n) is 9.95. The van der Waals surface area contributed by atoms with Gasteiger partial charge in [0.2, 0.25) is 5.88 Å². The van der Waals surface area contributed by atoms with Gasteiger partial charge in [-0.15, -0.1) is 0 Å². The van der Waals surface area contributed by atoms with Gasteiger partial charge in [0.15, 0.2) is 0 Å². The summed E-state index contributed by atoms with van der Waals surface area (Å²) in [5.74, 6) is 1.62. The van der Waals surface area contributed by atoms with Crippen LogP contribution in [0.1, 0.15) is 29.5 Å². The number of ether oxygens (including phenoxy) is 3. The molecule has 7 heteroatoms. The molecule has 5 rings (SSSR count). The van der Waals surface area contributed by atoms with Crippen molar-refractivity contribution in [1.82, 2.24) is 9.97 Å². The molecule has 2 aromatic rings. The monoisotopic (exact) mass is 380 g/mol. The van der Waals surface area contributed by atoms with E-state index in [1.54, 1.807) is 0 Å². The average molecular weight is 380 g/mol. The van der Waals surface area contributed by atoms with E-state index in [0.29, 0.717) is 19.0 Å². The predicted octanol–water partition coefficient (Wildman–Crippen LogP) is 2.22. The normalized spacial score (nSPS) is 21.9. The fourth-order valence-electron chi connectivity index (χ4n) is 3.93. The topological polar surface area (TPSA) is 69.1 Å². The van der Waals surface area contributed by atoms with Gasteiger partial charge in [0.1, 0.15) is 11.9 Å². The highest BCUT2D eigenvalue weighted by atomic mass is 16.5. The molecule has 146 valence electrons. The Balaban J connectivity index is 1.44. The molecule has 0 aromatic carbocycles. The molecule has 0 N–H and O–H groups in total. The fraction of sp³-hybridized carbons (Fsp3) is 0.476. The number of hydrogen-bond donors (Lipinski definition) is 0. The first-order chi connectivity index (χ1) is 13.9. The average Bonchev–Trinajstić information content (AvgIpc) is 3.21. The molecule has 3 aliphatic heterocycles. The zero-order valence-corrected chi connectivity index (χ0v) is 15.8. The zero-order valence-electron chi connectivity index (χ0n) is 15.8. The van der Waals surface area contributed by atoms with Gasteiger partial charge in [-0.1, -0.05) is 0 Å². The number of fused-ring (bicyclic) bond motifs is 1. The number of hydrogen-bond acceptors (Lipinski definition) is 7. The van der Waals surface area contributed by atoms with E-state index in [1.165, 1.54) is 0 Å². The largest absolute Gasteiger partial charge is 0.471 e. The molecule has 0 saturated carbocycles. The molecule has 0 amide bonds. The molecule has 0 aliphatic carbocycles. The van der Waals surface area contributed by atoms with Crippen LogP contribution in [-0.4, -0.2) is 61.3 Å². The number of aromatic nitrogens is 2. The van der Waals surface area contributed by atoms with Crippen molar-refractivity contribution in [3.8, 4) is 5.88 Å². The van der Waals surface area contributed by atoms with Crippen molar-refractivity contribution in [2.24, 2.45) is 4.99 Å². The standard InChI is InChI=1S/C21H24N4O3/c1-2-17(14-27-9-1)28-21-19-16(4-6-23-21)13-24-20(19)15-3-5-22-18(12-15)25-7-10-26-11-8-25/h3-6,12,17H,1-2,7-11,13-14H2. The predicted molar refractivity (Wildman–Crippen MR) is 105 cm³/mol. The molecule has 7 nitrogen and oxygen atoms in total. The van der Waals surface area contributed by atoms with Crippen LogP contribution in [0.2, 0.25) is 0 Å². The highest BCUT2D eigenvalue weighted by molar-refractivity contribution is 6.16. The number of rotatable bonds is 4. The summed E-state index contributed by atoms with van der Waals surface area (Å²) in [6.45, 7) is 5.28. The molecular formula is C21H24N4O3. The molecule has 1 unspecified atom stereocenters. The number of anilines is 1. The van der Waals surface area contributed by atoms with Crippen LogP contribution in [0.4, 0.5) is 5.82 Å². The lowest BCUT2D eigenvalue weighted by Crippen LogP contribution is -2.36. The molecule has 2 aromatic heterocycles. The van der Waals surface area contributed by atoms with E-state index in [0.717, 1.165) is 74.0 Å². The van der Waals surface area contributed by atoms with Gasteiger partial charge < -0.3 is 19.1 Å². The van der Waals surface area contributed by atoms with E-state index in [-0.39, 0.29) is 6.10 Å². The summed E-state index contributed by atoms with van der Waals surface area (Å²) in [5.41, 5.74) is 4.15. The van der Waals surface area contributed by atoms with Gasteiger partial charge >= 0.3 is 0 Å². The number of aliphatic imine (C=N–C) groups is 1. The Hall–Kier alpha value is -2.51. The van der Waals surface area contributed by atoms with Gasteiger partial charge in [-0.05, 0) is 36.6 Å². The Bertz CT molecular complexity index is 874. The summed E-state index contributed by atoms with van der Waals surface area (Å²) in [6.07, 6.45) is 5.73. The molecule has 5 heterocycles. The van der Waals surface area contributed by atoms with Crippen LogP contribution in [0.5, 0.6) is 5.88 Å². The maximum absolute atomic E-state index is 6.24. The van der Waals surface area contributed by atoms with E-state index in [4.69, 9.17) is 19.2 Å². The summed E-state index contributed by atoms with van der Waals surface area (Å²) in [4.78, 5) is 16.2. The highest BCUT2D eigenvalue weighted by Gasteiger charge is 2.26. The first kappa shape index (κ1) is 17.6. The second-order valence-corrected chi connectivity index (χ2v) is 7.27. The molecule has 3 aliphatic rings. The fourth-order valence-corrected chi connectivity index (χ4v) is 3.93. The van der Waals surface area contributed by atoms with Crippen molar-refractivity contribution in [3.05, 3.63) is 47.3 Å². The summed E-state index contributed by atoms with van der Waals surface area (Å²) in [7, 11) is 0. The van der Waals surface area contributed by atoms with Crippen LogP contribution in [0, 0.1) is 0 Å². The van der Waals surface area contributed by atoms with Gasteiger partial charge in [-0.2, -0.15) is 0 Å². The molecule has 28 heavy (non-hydrogen) atoms. The first-order valence-corrected chi connectivity index (χ1v) is 9.95. The van der Waals surface area contributed by atoms with Crippen molar-refractivity contribution in [1.29, 1.82) is 0 Å². The minimum Gasteiger partial charge on any atom is -0.471 e. The third-order valence-electron chi connectivity index (χ3n) is 5.40. The summed E-state index contributed by atoms with van der Waals surface area (Å²) >= 11 is 0. The van der Waals surface area contributed by atoms with E-state index < -0.39 is 0 Å². The summed E-state index contributed by atoms with van der Waals surface area (Å²) in [5, 5.41) is 0. The van der Waals surface area contributed by atoms with Crippen LogP contribution in [-0.2, 0) is 16.0 Å². The second kappa shape index (κ2) is 7.85. The summed E-state index contributed by atoms with van der Waals surface area (Å²) < 4.78 is 17.3. The van der Waals surface area contributed by atoms with Gasteiger partial charge in [0.05, 0.1) is 37.6 Å². The molecular weight excluding hydrogens is 356 g/mol. The molecule has 2 saturated heterocycles. The van der Waals surface area contributed by atoms with Crippen LogP contribution in [0.25, 0.3) is 0 Å². The van der Waals surface area contributed by atoms with Crippen molar-refractivity contribution in [2.45, 2.75) is 25.5 Å². The lowest BCUT2D eigenvalue weighted by molar-refractivity contribution is 0.00541. The zero-order chi connectivity index (χ0) is 18.8. The van der Waals surface area contributed by atoms with Gasteiger partial charge in [-0.3, -0.25) is 4.99 Å². The SMILES string of the molecule is c1cc(C2=NCc3ccnc(OC4CCCOC4)c32)cc(N2CCOCC2)n1. The van der Waals surface area contributed by atoms with Crippen LogP contribution < -0.4 is 9.64 Å². The van der Waals surface area contributed by atoms with Crippen molar-refractivity contribution in [3.63, 3.8) is 0 Å². The van der Waals surface area contributed by atoms with Gasteiger partial charge in [0.25, 0.3) is 0 Å². The van der Waals surface area contributed by atoms with E-state index in [1.807, 2.05) is 24.5 Å². The third-order valence-corrected chi connectivity index (χ3v) is 5.40. The number of pyridine rings is 2. The van der Waals surface area contributed by atoms with Gasteiger partial charge in [0, 0.05) is 37.7 Å². The van der Waals surface area contributed by atoms with Crippen LogP contribution in [0.15, 0.2) is 35.6 Å². The smallest absolute Gasteiger partial charge is 0.223 e. The number of nitrogens with zero attached hydrogens (tertiary/aromatic N) is 4. The second-order valence-electron chi connectivity index (χ2n) is 7.27. The Morgan fingerprint density at radius 3 is 2.79 bits per heavy atom. The molecule has 1 atom stereocenters. The molecule has 0 bridgehead atoms. The Morgan fingerprint density at radius 1 is 1.04 bits per heavy atom. The number of morpholine rings is 1. The Labute approximate surface area is 164 Å². The lowest BCUT2D eigenvalue weighted by Gasteiger charge is -2.28. The van der Waals surface area contributed by atoms with E-state index >= 15 is 0 Å². The Kier molecular flexibility index (Phi) is 4.93. The Morgan fingerprint density at radius 2 is 1.93 bits per heavy atom. The van der Waals surface area contributed by atoms with E-state index in [9.17, 15) is 0 Å². The van der Waals surface area contributed by atoms with Crippen LogP contribution >= 0.6 is 0 Å². The van der Waals surface area contributed by atoms with Crippen molar-refractivity contribution < 1.29 is 14.2 Å². The van der Waals surface area contributed by atoms with Crippen LogP contribution in [0.3, 0.4) is 0 Å². The minimum absolute atomic E-state index is 0.0518. The molecule has 0 radical (unpaired) electrons. The molecule has 0 spiro atoms. The summed E-state index contributed by atoms with van der Waals surface area (Å²) in [6, 6.07) is 6.15. The highest BCUT2D eigenvalue weighted by Crippen LogP contribution is 2.31. The lowest BCUT2D eigenvalue weighted by atomic mass is 10.0.